The van der Waals surface area contributed by atoms with Gasteiger partial charge in [-0.25, -0.2) is 0 Å². The Bertz CT molecular complexity index is 313. The highest BCUT2D eigenvalue weighted by atomic mass is 35.5. The summed E-state index contributed by atoms with van der Waals surface area (Å²) in [7, 11) is 0. The van der Waals surface area contributed by atoms with Gasteiger partial charge in [0.1, 0.15) is 0 Å². The first-order valence-corrected chi connectivity index (χ1v) is 6.40. The minimum Gasteiger partial charge on any atom is -0.373 e. The van der Waals surface area contributed by atoms with Crippen LogP contribution < -0.4 is 0 Å². The molecule has 2 heterocycles. The maximum Gasteiger partial charge on any atom is 0.0954 e. The van der Waals surface area contributed by atoms with E-state index in [0.29, 0.717) is 6.10 Å². The van der Waals surface area contributed by atoms with Gasteiger partial charge in [0.05, 0.1) is 22.6 Å². The third kappa shape index (κ3) is 2.08. The molecular weight excluding hydrogens is 239 g/mol. The lowest BCUT2D eigenvalue weighted by molar-refractivity contribution is 0.0538. The minimum atomic E-state index is -0.0903. The first-order valence-electron chi connectivity index (χ1n) is 4.71. The Morgan fingerprint density at radius 3 is 2.86 bits per heavy atom. The lowest BCUT2D eigenvalue weighted by atomic mass is 10.1. The number of ether oxygens (including phenoxy) is 1. The van der Waals surface area contributed by atoms with Gasteiger partial charge < -0.3 is 4.74 Å². The van der Waals surface area contributed by atoms with Crippen LogP contribution in [-0.4, -0.2) is 12.2 Å². The van der Waals surface area contributed by atoms with Crippen LogP contribution in [-0.2, 0) is 4.74 Å². The highest BCUT2D eigenvalue weighted by molar-refractivity contribution is 7.11. The second-order valence-corrected chi connectivity index (χ2v) is 5.42. The Kier molecular flexibility index (Phi) is 3.38. The summed E-state index contributed by atoms with van der Waals surface area (Å²) in [4.78, 5) is 1.03. The van der Waals surface area contributed by atoms with E-state index in [-0.39, 0.29) is 11.5 Å². The van der Waals surface area contributed by atoms with E-state index in [4.69, 9.17) is 27.9 Å². The highest BCUT2D eigenvalue weighted by Gasteiger charge is 2.30. The van der Waals surface area contributed by atoms with Crippen LogP contribution in [0.4, 0.5) is 0 Å². The fourth-order valence-electron chi connectivity index (χ4n) is 1.72. The molecule has 0 N–H and O–H groups in total. The first-order chi connectivity index (χ1) is 6.68. The van der Waals surface area contributed by atoms with Crippen molar-refractivity contribution in [3.05, 3.63) is 21.3 Å². The predicted octanol–water partition coefficient (Wildman–Crippen LogP) is 4.25. The quantitative estimate of drug-likeness (QED) is 0.714. The van der Waals surface area contributed by atoms with E-state index in [1.807, 2.05) is 11.4 Å². The number of alkyl halides is 1. The van der Waals surface area contributed by atoms with Crippen molar-refractivity contribution in [2.45, 2.75) is 37.4 Å². The van der Waals surface area contributed by atoms with Gasteiger partial charge in [0, 0.05) is 4.88 Å². The zero-order chi connectivity index (χ0) is 10.1. The van der Waals surface area contributed by atoms with Crippen LogP contribution in [0.3, 0.4) is 0 Å². The van der Waals surface area contributed by atoms with Gasteiger partial charge in [-0.1, -0.05) is 11.6 Å². The molecule has 0 bridgehead atoms. The van der Waals surface area contributed by atoms with E-state index in [1.54, 1.807) is 11.3 Å². The standard InChI is InChI=1S/C10H12Cl2OS/c1-6-2-3-8(13-6)9(12)10-7(11)4-5-14-10/h4-6,8-9H,2-3H2,1H3. The van der Waals surface area contributed by atoms with Gasteiger partial charge in [-0.3, -0.25) is 0 Å². The van der Waals surface area contributed by atoms with Crippen molar-refractivity contribution >= 4 is 34.5 Å². The molecule has 3 atom stereocenters. The van der Waals surface area contributed by atoms with Gasteiger partial charge in [-0.05, 0) is 31.2 Å². The summed E-state index contributed by atoms with van der Waals surface area (Å²) in [5.74, 6) is 0. The molecule has 0 amide bonds. The Hall–Kier alpha value is 0.240. The van der Waals surface area contributed by atoms with E-state index in [9.17, 15) is 0 Å². The molecule has 1 aliphatic heterocycles. The summed E-state index contributed by atoms with van der Waals surface area (Å²) in [6.07, 6.45) is 2.59. The molecule has 78 valence electrons. The van der Waals surface area contributed by atoms with Crippen LogP contribution in [0.5, 0.6) is 0 Å². The summed E-state index contributed by atoms with van der Waals surface area (Å²) < 4.78 is 5.72. The van der Waals surface area contributed by atoms with Crippen LogP contribution in [0.2, 0.25) is 5.02 Å². The summed E-state index contributed by atoms with van der Waals surface area (Å²) in [6.45, 7) is 2.08. The fourth-order valence-corrected chi connectivity index (χ4v) is 3.43. The Morgan fingerprint density at radius 1 is 1.57 bits per heavy atom. The van der Waals surface area contributed by atoms with Gasteiger partial charge in [-0.15, -0.1) is 22.9 Å². The number of hydrogen-bond acceptors (Lipinski definition) is 2. The van der Waals surface area contributed by atoms with Gasteiger partial charge in [-0.2, -0.15) is 0 Å². The number of thiophene rings is 1. The zero-order valence-corrected chi connectivity index (χ0v) is 10.2. The van der Waals surface area contributed by atoms with E-state index in [2.05, 4.69) is 6.92 Å². The molecule has 0 spiro atoms. The van der Waals surface area contributed by atoms with Crippen LogP contribution in [0, 0.1) is 0 Å². The number of rotatable bonds is 2. The number of hydrogen-bond donors (Lipinski definition) is 0. The molecule has 1 nitrogen and oxygen atoms in total. The lowest BCUT2D eigenvalue weighted by Gasteiger charge is -2.16. The largest absolute Gasteiger partial charge is 0.373 e. The summed E-state index contributed by atoms with van der Waals surface area (Å²) in [6, 6.07) is 1.88. The monoisotopic (exact) mass is 250 g/mol. The molecule has 1 aromatic heterocycles. The van der Waals surface area contributed by atoms with Crippen LogP contribution >= 0.6 is 34.5 Å². The topological polar surface area (TPSA) is 9.23 Å². The Labute approximate surface area is 98.0 Å². The second kappa shape index (κ2) is 4.40. The molecule has 0 radical (unpaired) electrons. The molecule has 1 aromatic rings. The Balaban J connectivity index is 2.09. The second-order valence-electron chi connectivity index (χ2n) is 3.60. The first kappa shape index (κ1) is 10.7. The summed E-state index contributed by atoms with van der Waals surface area (Å²) in [5, 5.41) is 2.64. The van der Waals surface area contributed by atoms with Gasteiger partial charge >= 0.3 is 0 Å². The molecule has 4 heteroatoms. The number of halogens is 2. The smallest absolute Gasteiger partial charge is 0.0954 e. The van der Waals surface area contributed by atoms with Crippen molar-refractivity contribution in [2.75, 3.05) is 0 Å². The molecule has 2 rings (SSSR count). The molecule has 3 unspecified atom stereocenters. The van der Waals surface area contributed by atoms with Gasteiger partial charge in [0.15, 0.2) is 0 Å². The van der Waals surface area contributed by atoms with Crippen LogP contribution in [0.25, 0.3) is 0 Å². The third-order valence-corrected chi connectivity index (χ3v) is 4.56. The minimum absolute atomic E-state index is 0.0903. The van der Waals surface area contributed by atoms with E-state index < -0.39 is 0 Å². The molecule has 0 saturated carbocycles. The SMILES string of the molecule is CC1CCC(C(Cl)c2sccc2Cl)O1. The van der Waals surface area contributed by atoms with E-state index in [0.717, 1.165) is 22.7 Å². The summed E-state index contributed by atoms with van der Waals surface area (Å²) in [5.41, 5.74) is 0. The maximum absolute atomic E-state index is 6.33. The fraction of sp³-hybridized carbons (Fsp3) is 0.600. The predicted molar refractivity (Wildman–Crippen MR) is 61.5 cm³/mol. The van der Waals surface area contributed by atoms with Crippen LogP contribution in [0.15, 0.2) is 11.4 Å². The van der Waals surface area contributed by atoms with Crippen molar-refractivity contribution in [1.82, 2.24) is 0 Å². The molecule has 0 aliphatic carbocycles. The molecule has 1 saturated heterocycles. The average Bonchev–Trinajstić information content (AvgIpc) is 2.73. The van der Waals surface area contributed by atoms with Gasteiger partial charge in [0.2, 0.25) is 0 Å². The summed E-state index contributed by atoms with van der Waals surface area (Å²) >= 11 is 13.9. The third-order valence-electron chi connectivity index (χ3n) is 2.49. The lowest BCUT2D eigenvalue weighted by Crippen LogP contribution is -2.13. The van der Waals surface area contributed by atoms with Gasteiger partial charge in [0.25, 0.3) is 0 Å². The van der Waals surface area contributed by atoms with E-state index in [1.165, 1.54) is 0 Å². The van der Waals surface area contributed by atoms with Crippen molar-refractivity contribution in [2.24, 2.45) is 0 Å². The van der Waals surface area contributed by atoms with Crippen molar-refractivity contribution in [1.29, 1.82) is 0 Å². The molecule has 1 fully saturated rings. The zero-order valence-electron chi connectivity index (χ0n) is 7.87. The molecule has 14 heavy (non-hydrogen) atoms. The van der Waals surface area contributed by atoms with Crippen LogP contribution in [0.1, 0.15) is 30.0 Å². The normalized spacial score (nSPS) is 29.4. The molecular formula is C10H12Cl2OS. The van der Waals surface area contributed by atoms with E-state index >= 15 is 0 Å². The Morgan fingerprint density at radius 2 is 2.36 bits per heavy atom. The van der Waals surface area contributed by atoms with Crippen molar-refractivity contribution in [3.8, 4) is 0 Å². The average molecular weight is 251 g/mol. The molecule has 0 aromatic carbocycles. The van der Waals surface area contributed by atoms with Crippen molar-refractivity contribution in [3.63, 3.8) is 0 Å². The highest BCUT2D eigenvalue weighted by Crippen LogP contribution is 2.40. The maximum atomic E-state index is 6.33. The molecule has 1 aliphatic rings. The van der Waals surface area contributed by atoms with Crippen molar-refractivity contribution < 1.29 is 4.74 Å².